The van der Waals surface area contributed by atoms with Crippen molar-refractivity contribution < 1.29 is 18.6 Å². The minimum absolute atomic E-state index is 0.191. The maximum Gasteiger partial charge on any atom is 0.189 e. The van der Waals surface area contributed by atoms with E-state index in [0.29, 0.717) is 18.1 Å². The molecule has 1 aromatic heterocycles. The summed E-state index contributed by atoms with van der Waals surface area (Å²) in [4.78, 5) is 4.42. The summed E-state index contributed by atoms with van der Waals surface area (Å²) in [6, 6.07) is 10.7. The van der Waals surface area contributed by atoms with Crippen molar-refractivity contribution in [2.24, 2.45) is 0 Å². The largest absolute Gasteiger partial charge is 0.497 e. The van der Waals surface area contributed by atoms with Crippen LogP contribution in [-0.2, 0) is 17.1 Å². The smallest absolute Gasteiger partial charge is 0.189 e. The Balaban J connectivity index is 1.56. The van der Waals surface area contributed by atoms with Gasteiger partial charge in [0.25, 0.3) is 0 Å². The summed E-state index contributed by atoms with van der Waals surface area (Å²) in [5, 5.41) is 0.820. The van der Waals surface area contributed by atoms with Gasteiger partial charge in [-0.3, -0.25) is 4.57 Å². The van der Waals surface area contributed by atoms with Crippen molar-refractivity contribution in [1.29, 1.82) is 0 Å². The molecule has 26 heavy (non-hydrogen) atoms. The highest BCUT2D eigenvalue weighted by Crippen LogP contribution is 2.34. The van der Waals surface area contributed by atoms with Crippen molar-refractivity contribution in [2.45, 2.75) is 17.5 Å². The van der Waals surface area contributed by atoms with E-state index < -0.39 is 0 Å². The molecule has 2 heterocycles. The molecule has 1 aliphatic rings. The maximum absolute atomic E-state index is 13.9. The molecular weight excluding hydrogens is 355 g/mol. The van der Waals surface area contributed by atoms with Crippen molar-refractivity contribution in [1.82, 2.24) is 9.55 Å². The number of methoxy groups -OCH3 is 1. The van der Waals surface area contributed by atoms with Crippen LogP contribution in [0.1, 0.15) is 11.1 Å². The number of rotatable bonds is 5. The van der Waals surface area contributed by atoms with E-state index in [1.54, 1.807) is 13.3 Å². The van der Waals surface area contributed by atoms with Crippen molar-refractivity contribution in [3.8, 4) is 17.2 Å². The first-order valence-electron chi connectivity index (χ1n) is 8.07. The number of benzene rings is 2. The highest BCUT2D eigenvalue weighted by molar-refractivity contribution is 7.98. The molecule has 0 amide bonds. The molecule has 0 aliphatic carbocycles. The molecule has 1 aliphatic heterocycles. The Morgan fingerprint density at radius 1 is 1.27 bits per heavy atom. The Morgan fingerprint density at radius 3 is 2.92 bits per heavy atom. The second kappa shape index (κ2) is 7.39. The first kappa shape index (κ1) is 16.9. The molecule has 5 nitrogen and oxygen atoms in total. The number of hydrogen-bond acceptors (Lipinski definition) is 5. The molecule has 0 fully saturated rings. The Labute approximate surface area is 154 Å². The normalized spacial score (nSPS) is 13.2. The summed E-state index contributed by atoms with van der Waals surface area (Å²) in [5.41, 5.74) is 2.53. The van der Waals surface area contributed by atoms with Crippen LogP contribution in [0.4, 0.5) is 4.39 Å². The predicted molar refractivity (Wildman–Crippen MR) is 96.4 cm³/mol. The van der Waals surface area contributed by atoms with Crippen LogP contribution >= 0.6 is 11.8 Å². The first-order chi connectivity index (χ1) is 12.7. The summed E-state index contributed by atoms with van der Waals surface area (Å²) in [5.74, 6) is 1.78. The van der Waals surface area contributed by atoms with Crippen molar-refractivity contribution in [3.63, 3.8) is 0 Å². The van der Waals surface area contributed by atoms with Crippen LogP contribution in [0.2, 0.25) is 0 Å². The molecule has 0 unspecified atom stereocenters. The number of hydrogen-bond donors (Lipinski definition) is 0. The lowest BCUT2D eigenvalue weighted by molar-refractivity contribution is -0.0171. The third kappa shape index (κ3) is 3.40. The molecule has 0 radical (unpaired) electrons. The number of aromatic nitrogens is 2. The molecule has 3 aromatic rings. The Hall–Kier alpha value is -2.51. The van der Waals surface area contributed by atoms with Gasteiger partial charge in [0.1, 0.15) is 17.3 Å². The third-order valence-corrected chi connectivity index (χ3v) is 5.08. The number of halogens is 1. The summed E-state index contributed by atoms with van der Waals surface area (Å²) in [6.07, 6.45) is 3.65. The molecule has 4 rings (SSSR count). The van der Waals surface area contributed by atoms with Gasteiger partial charge in [-0.1, -0.05) is 11.8 Å². The summed E-state index contributed by atoms with van der Waals surface area (Å²) in [6.45, 7) is 0.558. The standard InChI is InChI=1S/C19H17FN2O3S/c1-23-17-4-2-16(3-5-17)22-7-6-21-19(22)26-11-14-9-15(20)8-13-10-24-12-25-18(13)14/h2-9H,10-12H2,1H3. The zero-order chi connectivity index (χ0) is 17.9. The van der Waals surface area contributed by atoms with E-state index in [1.165, 1.54) is 23.9 Å². The highest BCUT2D eigenvalue weighted by Gasteiger charge is 2.18. The van der Waals surface area contributed by atoms with Gasteiger partial charge in [-0.25, -0.2) is 9.37 Å². The lowest BCUT2D eigenvalue weighted by Gasteiger charge is -2.20. The van der Waals surface area contributed by atoms with Gasteiger partial charge >= 0.3 is 0 Å². The van der Waals surface area contributed by atoms with Crippen LogP contribution in [0, 0.1) is 5.82 Å². The molecule has 0 spiro atoms. The molecular formula is C19H17FN2O3S. The summed E-state index contributed by atoms with van der Waals surface area (Å²) in [7, 11) is 1.64. The van der Waals surface area contributed by atoms with E-state index >= 15 is 0 Å². The zero-order valence-corrected chi connectivity index (χ0v) is 15.0. The second-order valence-electron chi connectivity index (χ2n) is 5.73. The number of fused-ring (bicyclic) bond motifs is 1. The van der Waals surface area contributed by atoms with Gasteiger partial charge in [0.2, 0.25) is 0 Å². The Kier molecular flexibility index (Phi) is 4.81. The monoisotopic (exact) mass is 372 g/mol. The molecule has 0 saturated carbocycles. The molecule has 0 atom stereocenters. The van der Waals surface area contributed by atoms with Crippen molar-refractivity contribution in [2.75, 3.05) is 13.9 Å². The molecule has 2 aromatic carbocycles. The van der Waals surface area contributed by atoms with Crippen LogP contribution in [0.5, 0.6) is 11.5 Å². The lowest BCUT2D eigenvalue weighted by Crippen LogP contribution is -2.13. The van der Waals surface area contributed by atoms with Gasteiger partial charge in [-0.05, 0) is 36.4 Å². The molecule has 134 valence electrons. The van der Waals surface area contributed by atoms with E-state index in [0.717, 1.165) is 27.7 Å². The van der Waals surface area contributed by atoms with E-state index in [1.807, 2.05) is 35.0 Å². The van der Waals surface area contributed by atoms with Crippen LogP contribution < -0.4 is 9.47 Å². The van der Waals surface area contributed by atoms with Crippen LogP contribution in [0.25, 0.3) is 5.69 Å². The van der Waals surface area contributed by atoms with E-state index in [4.69, 9.17) is 14.2 Å². The average molecular weight is 372 g/mol. The minimum Gasteiger partial charge on any atom is -0.497 e. The molecule has 0 N–H and O–H groups in total. The molecule has 7 heteroatoms. The number of imidazole rings is 1. The number of thioether (sulfide) groups is 1. The van der Waals surface area contributed by atoms with E-state index in [2.05, 4.69) is 4.98 Å². The zero-order valence-electron chi connectivity index (χ0n) is 14.1. The number of nitrogens with zero attached hydrogens (tertiary/aromatic N) is 2. The second-order valence-corrected chi connectivity index (χ2v) is 6.67. The van der Waals surface area contributed by atoms with Crippen LogP contribution in [0.3, 0.4) is 0 Å². The van der Waals surface area contributed by atoms with Gasteiger partial charge < -0.3 is 14.2 Å². The van der Waals surface area contributed by atoms with Gasteiger partial charge in [-0.15, -0.1) is 0 Å². The van der Waals surface area contributed by atoms with Crippen LogP contribution in [0.15, 0.2) is 53.9 Å². The number of ether oxygens (including phenoxy) is 3. The first-order valence-corrected chi connectivity index (χ1v) is 9.05. The van der Waals surface area contributed by atoms with Crippen LogP contribution in [-0.4, -0.2) is 23.5 Å². The maximum atomic E-state index is 13.9. The average Bonchev–Trinajstić information content (AvgIpc) is 3.14. The third-order valence-electron chi connectivity index (χ3n) is 4.07. The van der Waals surface area contributed by atoms with Gasteiger partial charge in [-0.2, -0.15) is 0 Å². The van der Waals surface area contributed by atoms with Gasteiger partial charge in [0.15, 0.2) is 11.9 Å². The highest BCUT2D eigenvalue weighted by atomic mass is 32.2. The van der Waals surface area contributed by atoms with E-state index in [-0.39, 0.29) is 12.6 Å². The fraction of sp³-hybridized carbons (Fsp3) is 0.211. The quantitative estimate of drug-likeness (QED) is 0.629. The van der Waals surface area contributed by atoms with E-state index in [9.17, 15) is 4.39 Å². The van der Waals surface area contributed by atoms with Gasteiger partial charge in [0, 0.05) is 35.0 Å². The molecule has 0 bridgehead atoms. The Morgan fingerprint density at radius 2 is 2.12 bits per heavy atom. The topological polar surface area (TPSA) is 45.5 Å². The molecule has 0 saturated heterocycles. The predicted octanol–water partition coefficient (Wildman–Crippen LogP) is 4.18. The summed E-state index contributed by atoms with van der Waals surface area (Å²) >= 11 is 1.53. The minimum atomic E-state index is -0.285. The van der Waals surface area contributed by atoms with Gasteiger partial charge in [0.05, 0.1) is 13.7 Å². The van der Waals surface area contributed by atoms with Crippen molar-refractivity contribution >= 4 is 11.8 Å². The lowest BCUT2D eigenvalue weighted by atomic mass is 10.1. The van der Waals surface area contributed by atoms with Crippen molar-refractivity contribution in [3.05, 3.63) is 65.7 Å². The Bertz CT molecular complexity index is 912. The SMILES string of the molecule is COc1ccc(-n2ccnc2SCc2cc(F)cc3c2OCOC3)cc1. The fourth-order valence-corrected chi connectivity index (χ4v) is 3.78. The fourth-order valence-electron chi connectivity index (χ4n) is 2.84. The summed E-state index contributed by atoms with van der Waals surface area (Å²) < 4.78 is 31.9.